The van der Waals surface area contributed by atoms with Crippen LogP contribution in [0.2, 0.25) is 0 Å². The first-order valence-corrected chi connectivity index (χ1v) is 8.90. The van der Waals surface area contributed by atoms with Gasteiger partial charge in [-0.1, -0.05) is 29.4 Å². The molecule has 0 bridgehead atoms. The minimum Gasteiger partial charge on any atom is -0.330 e. The molecular weight excluding hydrogens is 368 g/mol. The Morgan fingerprint density at radius 1 is 1.35 bits per heavy atom. The second-order valence-electron chi connectivity index (χ2n) is 5.41. The van der Waals surface area contributed by atoms with Gasteiger partial charge in [-0.3, -0.25) is 14.1 Å². The predicted octanol–water partition coefficient (Wildman–Crippen LogP) is 1.42. The first-order chi connectivity index (χ1) is 12.2. The first kappa shape index (κ1) is 19.4. The van der Waals surface area contributed by atoms with E-state index in [0.717, 1.165) is 5.56 Å². The van der Waals surface area contributed by atoms with Gasteiger partial charge in [0.05, 0.1) is 6.42 Å². The van der Waals surface area contributed by atoms with Gasteiger partial charge in [-0.2, -0.15) is 8.42 Å². The lowest BCUT2D eigenvalue weighted by Gasteiger charge is -2.13. The molecule has 0 saturated carbocycles. The van der Waals surface area contributed by atoms with Crippen LogP contribution in [0.5, 0.6) is 0 Å². The molecule has 1 aliphatic rings. The van der Waals surface area contributed by atoms with E-state index in [9.17, 15) is 22.8 Å². The fourth-order valence-corrected chi connectivity index (χ4v) is 2.98. The Hall–Kier alpha value is -2.95. The van der Waals surface area contributed by atoms with Crippen molar-refractivity contribution in [2.75, 3.05) is 0 Å². The number of hydrogen-bond donors (Lipinski definition) is 1. The Morgan fingerprint density at radius 2 is 2.00 bits per heavy atom. The zero-order valence-electron chi connectivity index (χ0n) is 13.3. The minimum absolute atomic E-state index is 0.0788. The first-order valence-electron chi connectivity index (χ1n) is 7.40. The third-order valence-electron chi connectivity index (χ3n) is 3.56. The molecule has 1 atom stereocenters. The quantitative estimate of drug-likeness (QED) is 0.244. The molecule has 12 heteroatoms. The van der Waals surface area contributed by atoms with Gasteiger partial charge in [-0.25, -0.2) is 4.79 Å². The smallest absolute Gasteiger partial charge is 0.330 e. The van der Waals surface area contributed by atoms with E-state index in [2.05, 4.69) is 14.9 Å². The number of amides is 2. The van der Waals surface area contributed by atoms with Crippen molar-refractivity contribution >= 4 is 33.6 Å². The summed E-state index contributed by atoms with van der Waals surface area (Å²) in [5.41, 5.74) is 9.64. The third-order valence-corrected chi connectivity index (χ3v) is 4.65. The summed E-state index contributed by atoms with van der Waals surface area (Å²) in [4.78, 5) is 42.3. The average molecular weight is 382 g/mol. The molecule has 2 amide bonds. The summed E-state index contributed by atoms with van der Waals surface area (Å²) in [6.07, 6.45) is -0.0625. The van der Waals surface area contributed by atoms with Crippen LogP contribution in [0, 0.1) is 0 Å². The van der Waals surface area contributed by atoms with E-state index >= 15 is 0 Å². The maximum atomic E-state index is 11.7. The second-order valence-corrected chi connectivity index (χ2v) is 7.01. The maximum Gasteiger partial charge on any atom is 0.333 e. The highest BCUT2D eigenvalue weighted by Crippen LogP contribution is 2.20. The Bertz CT molecular complexity index is 875. The van der Waals surface area contributed by atoms with Crippen molar-refractivity contribution in [1.82, 2.24) is 5.06 Å². The monoisotopic (exact) mass is 382 g/mol. The van der Waals surface area contributed by atoms with Gasteiger partial charge >= 0.3 is 5.97 Å². The van der Waals surface area contributed by atoms with E-state index in [1.807, 2.05) is 0 Å². The van der Waals surface area contributed by atoms with E-state index < -0.39 is 39.6 Å². The molecule has 1 N–H and O–H groups in total. The number of carbonyl (C=O) groups is 3. The zero-order chi connectivity index (χ0) is 19.3. The molecule has 1 saturated heterocycles. The van der Waals surface area contributed by atoms with Crippen LogP contribution >= 0.6 is 0 Å². The molecule has 0 radical (unpaired) electrons. The number of carbonyl (C=O) groups excluding carboxylic acids is 3. The zero-order valence-corrected chi connectivity index (χ0v) is 14.1. The average Bonchev–Trinajstić information content (AvgIpc) is 2.85. The van der Waals surface area contributed by atoms with E-state index in [4.69, 9.17) is 10.1 Å². The summed E-state index contributed by atoms with van der Waals surface area (Å²) in [7, 11) is -4.75. The number of hydroxylamine groups is 2. The highest BCUT2D eigenvalue weighted by molar-refractivity contribution is 7.87. The van der Waals surface area contributed by atoms with E-state index in [1.54, 1.807) is 24.3 Å². The maximum absolute atomic E-state index is 11.7. The summed E-state index contributed by atoms with van der Waals surface area (Å²) in [6, 6.07) is 6.67. The van der Waals surface area contributed by atoms with Crippen LogP contribution in [-0.4, -0.2) is 41.1 Å². The van der Waals surface area contributed by atoms with Crippen LogP contribution in [-0.2, 0) is 35.8 Å². The molecule has 0 aliphatic carbocycles. The van der Waals surface area contributed by atoms with Crippen LogP contribution in [0.1, 0.15) is 24.8 Å². The van der Waals surface area contributed by atoms with Gasteiger partial charge in [0.2, 0.25) is 0 Å². The molecule has 1 fully saturated rings. The molecule has 2 rings (SSSR count). The number of rotatable bonds is 7. The van der Waals surface area contributed by atoms with Crippen molar-refractivity contribution in [3.63, 3.8) is 0 Å². The molecule has 11 nitrogen and oxygen atoms in total. The molecule has 0 spiro atoms. The molecule has 0 unspecified atom stereocenters. The Morgan fingerprint density at radius 3 is 2.54 bits per heavy atom. The van der Waals surface area contributed by atoms with Gasteiger partial charge < -0.3 is 4.84 Å². The summed E-state index contributed by atoms with van der Waals surface area (Å²) >= 11 is 0. The summed E-state index contributed by atoms with van der Waals surface area (Å²) in [5, 5.41) is 1.56. The van der Waals surface area contributed by atoms with E-state index in [1.165, 1.54) is 0 Å². The van der Waals surface area contributed by atoms with Crippen LogP contribution < -0.4 is 0 Å². The molecular formula is C14H14N4O7S. The summed E-state index contributed by atoms with van der Waals surface area (Å²) < 4.78 is 30.9. The van der Waals surface area contributed by atoms with Crippen molar-refractivity contribution in [3.8, 4) is 0 Å². The molecule has 1 heterocycles. The normalized spacial score (nSPS) is 17.1. The molecule has 1 aromatic rings. The second kappa shape index (κ2) is 7.95. The highest BCUT2D eigenvalue weighted by Gasteiger charge is 2.48. The SMILES string of the molecule is [N-]=[N+]=Nc1ccc(CCCC(=O)ON2C(=O)C[C@H](S(=O)(=O)O)C2=O)cc1. The number of benzene rings is 1. The van der Waals surface area contributed by atoms with Crippen molar-refractivity contribution < 1.29 is 32.2 Å². The standard InChI is InChI=1S/C14H14N4O7S/c15-17-16-10-6-4-9(5-7-10)2-1-3-13(20)25-18-12(19)8-11(14(18)21)26(22,23)24/h4-7,11H,1-3,8H2,(H,22,23,24)/t11-/m0/s1. The molecule has 1 aliphatic heterocycles. The lowest BCUT2D eigenvalue weighted by molar-refractivity contribution is -0.197. The lowest BCUT2D eigenvalue weighted by Crippen LogP contribution is -2.36. The number of azide groups is 1. The molecule has 1 aromatic carbocycles. The van der Waals surface area contributed by atoms with Gasteiger partial charge in [-0.15, -0.1) is 5.06 Å². The number of imide groups is 1. The largest absolute Gasteiger partial charge is 0.333 e. The molecule has 138 valence electrons. The number of hydrogen-bond acceptors (Lipinski definition) is 7. The predicted molar refractivity (Wildman–Crippen MR) is 86.1 cm³/mol. The van der Waals surface area contributed by atoms with Gasteiger partial charge in [-0.05, 0) is 23.9 Å². The van der Waals surface area contributed by atoms with Gasteiger partial charge in [0, 0.05) is 17.0 Å². The topological polar surface area (TPSA) is 167 Å². The van der Waals surface area contributed by atoms with Crippen LogP contribution in [0.25, 0.3) is 10.4 Å². The van der Waals surface area contributed by atoms with Gasteiger partial charge in [0.25, 0.3) is 21.9 Å². The molecule has 0 aromatic heterocycles. The van der Waals surface area contributed by atoms with E-state index in [-0.39, 0.29) is 11.5 Å². The molecule has 26 heavy (non-hydrogen) atoms. The summed E-state index contributed by atoms with van der Waals surface area (Å²) in [5.74, 6) is -3.19. The fourth-order valence-electron chi connectivity index (χ4n) is 2.28. The number of aryl methyl sites for hydroxylation is 1. The van der Waals surface area contributed by atoms with Crippen molar-refractivity contribution in [3.05, 3.63) is 40.3 Å². The van der Waals surface area contributed by atoms with Gasteiger partial charge in [0.15, 0.2) is 5.25 Å². The van der Waals surface area contributed by atoms with Crippen LogP contribution in [0.3, 0.4) is 0 Å². The Labute approximate surface area is 147 Å². The van der Waals surface area contributed by atoms with E-state index in [0.29, 0.717) is 18.5 Å². The van der Waals surface area contributed by atoms with Crippen molar-refractivity contribution in [2.45, 2.75) is 30.9 Å². The lowest BCUT2D eigenvalue weighted by atomic mass is 10.1. The minimum atomic E-state index is -4.75. The Balaban J connectivity index is 1.84. The van der Waals surface area contributed by atoms with Gasteiger partial charge in [0.1, 0.15) is 0 Å². The van der Waals surface area contributed by atoms with Crippen LogP contribution in [0.4, 0.5) is 5.69 Å². The fraction of sp³-hybridized carbons (Fsp3) is 0.357. The number of nitrogens with zero attached hydrogens (tertiary/aromatic N) is 4. The van der Waals surface area contributed by atoms with Crippen LogP contribution in [0.15, 0.2) is 29.4 Å². The third kappa shape index (κ3) is 4.79. The Kier molecular flexibility index (Phi) is 5.93. The summed E-state index contributed by atoms with van der Waals surface area (Å²) in [6.45, 7) is 0. The van der Waals surface area contributed by atoms with Crippen molar-refractivity contribution in [1.29, 1.82) is 0 Å². The highest BCUT2D eigenvalue weighted by atomic mass is 32.2. The van der Waals surface area contributed by atoms with Crippen molar-refractivity contribution in [2.24, 2.45) is 5.11 Å².